The molecule has 0 unspecified atom stereocenters. The monoisotopic (exact) mass is 572 g/mol. The van der Waals surface area contributed by atoms with Crippen molar-refractivity contribution in [2.75, 3.05) is 7.11 Å². The van der Waals surface area contributed by atoms with Crippen molar-refractivity contribution in [1.29, 1.82) is 0 Å². The largest absolute Gasteiger partial charge is 0.497 e. The summed E-state index contributed by atoms with van der Waals surface area (Å²) in [6.07, 6.45) is 4.56. The van der Waals surface area contributed by atoms with Crippen LogP contribution in [0.2, 0.25) is 0 Å². The Labute approximate surface area is 252 Å². The number of benzene rings is 4. The van der Waals surface area contributed by atoms with Gasteiger partial charge < -0.3 is 19.9 Å². The third-order valence-electron chi connectivity index (χ3n) is 7.29. The van der Waals surface area contributed by atoms with Gasteiger partial charge in [-0.25, -0.2) is 9.78 Å². The predicted molar refractivity (Wildman–Crippen MR) is 172 cm³/mol. The van der Waals surface area contributed by atoms with E-state index in [1.807, 2.05) is 36.4 Å². The lowest BCUT2D eigenvalue weighted by molar-refractivity contribution is 0.0516. The number of ether oxygens (including phenoxy) is 1. The fourth-order valence-corrected chi connectivity index (χ4v) is 4.99. The van der Waals surface area contributed by atoms with Crippen LogP contribution in [0.1, 0.15) is 48.5 Å². The molecule has 0 aliphatic carbocycles. The third kappa shape index (κ3) is 7.01. The van der Waals surface area contributed by atoms with Gasteiger partial charge in [-0.3, -0.25) is 0 Å². The van der Waals surface area contributed by atoms with Gasteiger partial charge in [-0.2, -0.15) is 0 Å². The summed E-state index contributed by atoms with van der Waals surface area (Å²) in [6, 6.07) is 35.0. The van der Waals surface area contributed by atoms with Crippen LogP contribution in [0.25, 0.3) is 33.9 Å². The van der Waals surface area contributed by atoms with Crippen molar-refractivity contribution in [2.45, 2.75) is 39.2 Å². The lowest BCUT2D eigenvalue weighted by Gasteiger charge is -2.14. The number of hydrogen-bond acceptors (Lipinski definition) is 5. The van der Waals surface area contributed by atoms with E-state index < -0.39 is 5.97 Å². The van der Waals surface area contributed by atoms with E-state index in [1.165, 1.54) is 12.8 Å². The van der Waals surface area contributed by atoms with E-state index in [2.05, 4.69) is 53.0 Å². The fourth-order valence-electron chi connectivity index (χ4n) is 4.99. The first-order chi connectivity index (χ1) is 21.1. The molecule has 4 aromatic carbocycles. The molecule has 0 atom stereocenters. The molecule has 0 fully saturated rings. The van der Waals surface area contributed by atoms with Crippen molar-refractivity contribution >= 4 is 11.8 Å². The Balaban J connectivity index is 1.46. The average Bonchev–Trinajstić information content (AvgIpc) is 3.45. The second-order valence-corrected chi connectivity index (χ2v) is 10.2. The number of carbonyl (C=O) groups excluding carboxylic acids is 1. The molecule has 0 radical (unpaired) electrons. The number of unbranched alkanes of at least 4 members (excludes halogenated alkanes) is 3. The molecule has 218 valence electrons. The van der Waals surface area contributed by atoms with Crippen LogP contribution in [-0.2, 0) is 11.4 Å². The van der Waals surface area contributed by atoms with Crippen LogP contribution >= 0.6 is 0 Å². The van der Waals surface area contributed by atoms with Crippen molar-refractivity contribution in [3.05, 3.63) is 120 Å². The Hall–Kier alpha value is -5.17. The van der Waals surface area contributed by atoms with Gasteiger partial charge in [0, 0.05) is 28.8 Å². The Morgan fingerprint density at radius 3 is 2.02 bits per heavy atom. The van der Waals surface area contributed by atoms with Gasteiger partial charge in [-0.05, 0) is 42.8 Å². The average molecular weight is 573 g/mol. The first-order valence-corrected chi connectivity index (χ1v) is 14.6. The molecule has 0 aliphatic rings. The summed E-state index contributed by atoms with van der Waals surface area (Å²) in [7, 11) is 1.59. The van der Waals surface area contributed by atoms with Gasteiger partial charge >= 0.3 is 5.97 Å². The Kier molecular flexibility index (Phi) is 9.64. The predicted octanol–water partition coefficient (Wildman–Crippen LogP) is 7.95. The number of imidazole rings is 1. The zero-order chi connectivity index (χ0) is 30.0. The quantitative estimate of drug-likeness (QED) is 0.0538. The summed E-state index contributed by atoms with van der Waals surface area (Å²) in [6.45, 7) is 3.05. The van der Waals surface area contributed by atoms with Crippen LogP contribution < -0.4 is 10.5 Å². The molecule has 5 rings (SSSR count). The fraction of sp³-hybridized carbons (Fsp3) is 0.194. The molecule has 5 aromatic rings. The number of rotatable bonds is 12. The zero-order valence-electron chi connectivity index (χ0n) is 24.6. The van der Waals surface area contributed by atoms with E-state index in [-0.39, 0.29) is 5.84 Å². The second kappa shape index (κ2) is 14.1. The molecule has 0 saturated carbocycles. The molecule has 0 spiro atoms. The standard InChI is InChI=1S/C36H36N4O3/c1-3-4-5-12-25-40-33(27-15-10-7-11-16-27)32(26-13-8-6-9-14-26)38-35(40)29-17-19-30(20-18-29)36(41)43-39-34(37)28-21-23-31(42-2)24-22-28/h6-11,13-24H,3-5,12,25H2,1-2H3,(H2,37,39). The molecule has 1 aromatic heterocycles. The number of nitrogens with zero attached hydrogens (tertiary/aromatic N) is 3. The van der Waals surface area contributed by atoms with Crippen molar-refractivity contribution in [3.8, 4) is 39.7 Å². The number of nitrogens with two attached hydrogens (primary N) is 1. The lowest BCUT2D eigenvalue weighted by atomic mass is 10.0. The summed E-state index contributed by atoms with van der Waals surface area (Å²) < 4.78 is 7.48. The molecular weight excluding hydrogens is 536 g/mol. The highest BCUT2D eigenvalue weighted by Gasteiger charge is 2.21. The third-order valence-corrected chi connectivity index (χ3v) is 7.29. The first-order valence-electron chi connectivity index (χ1n) is 14.6. The van der Waals surface area contributed by atoms with E-state index in [0.29, 0.717) is 16.9 Å². The maximum Gasteiger partial charge on any atom is 0.365 e. The molecule has 0 amide bonds. The number of methoxy groups -OCH3 is 1. The van der Waals surface area contributed by atoms with Gasteiger partial charge in [-0.1, -0.05) is 104 Å². The summed E-state index contributed by atoms with van der Waals surface area (Å²) in [5.74, 6) is 1.05. The van der Waals surface area contributed by atoms with E-state index in [0.717, 1.165) is 53.3 Å². The van der Waals surface area contributed by atoms with Crippen LogP contribution in [0.3, 0.4) is 0 Å². The van der Waals surface area contributed by atoms with Gasteiger partial charge in [-0.15, -0.1) is 0 Å². The normalized spacial score (nSPS) is 11.3. The molecule has 1 heterocycles. The summed E-state index contributed by atoms with van der Waals surface area (Å²) in [5, 5.41) is 3.84. The van der Waals surface area contributed by atoms with Crippen LogP contribution in [0, 0.1) is 0 Å². The number of aromatic nitrogens is 2. The smallest absolute Gasteiger partial charge is 0.365 e. The number of oxime groups is 1. The van der Waals surface area contributed by atoms with Gasteiger partial charge in [0.2, 0.25) is 0 Å². The highest BCUT2D eigenvalue weighted by molar-refractivity contribution is 5.98. The Bertz CT molecular complexity index is 1660. The molecule has 2 N–H and O–H groups in total. The van der Waals surface area contributed by atoms with Crippen molar-refractivity contribution in [3.63, 3.8) is 0 Å². The molecule has 0 aliphatic heterocycles. The minimum absolute atomic E-state index is 0.0969. The highest BCUT2D eigenvalue weighted by atomic mass is 16.7. The van der Waals surface area contributed by atoms with Gasteiger partial charge in [0.1, 0.15) is 11.6 Å². The van der Waals surface area contributed by atoms with Crippen LogP contribution in [0.15, 0.2) is 114 Å². The molecule has 7 heteroatoms. The molecular formula is C36H36N4O3. The zero-order valence-corrected chi connectivity index (χ0v) is 24.6. The molecule has 0 bridgehead atoms. The lowest BCUT2D eigenvalue weighted by Crippen LogP contribution is -2.15. The van der Waals surface area contributed by atoms with E-state index in [1.54, 1.807) is 43.5 Å². The minimum atomic E-state index is -0.596. The Morgan fingerprint density at radius 2 is 1.40 bits per heavy atom. The van der Waals surface area contributed by atoms with Gasteiger partial charge in [0.15, 0.2) is 5.84 Å². The molecule has 0 saturated heterocycles. The maximum atomic E-state index is 12.8. The van der Waals surface area contributed by atoms with E-state index in [9.17, 15) is 4.79 Å². The van der Waals surface area contributed by atoms with E-state index in [4.69, 9.17) is 20.3 Å². The summed E-state index contributed by atoms with van der Waals surface area (Å²) in [5.41, 5.74) is 12.1. The van der Waals surface area contributed by atoms with Gasteiger partial charge in [0.25, 0.3) is 0 Å². The molecule has 7 nitrogen and oxygen atoms in total. The topological polar surface area (TPSA) is 91.7 Å². The maximum absolute atomic E-state index is 12.8. The van der Waals surface area contributed by atoms with Crippen molar-refractivity contribution in [1.82, 2.24) is 9.55 Å². The van der Waals surface area contributed by atoms with Crippen LogP contribution in [0.5, 0.6) is 5.75 Å². The number of carbonyl (C=O) groups is 1. The summed E-state index contributed by atoms with van der Waals surface area (Å²) in [4.78, 5) is 23.2. The van der Waals surface area contributed by atoms with E-state index >= 15 is 0 Å². The second-order valence-electron chi connectivity index (χ2n) is 10.2. The molecule has 43 heavy (non-hydrogen) atoms. The minimum Gasteiger partial charge on any atom is -0.497 e. The highest BCUT2D eigenvalue weighted by Crippen LogP contribution is 2.36. The SMILES string of the molecule is CCCCCCn1c(-c2ccc(C(=O)O/N=C(\N)c3ccc(OC)cc3)cc2)nc(-c2ccccc2)c1-c1ccccc1. The van der Waals surface area contributed by atoms with Crippen molar-refractivity contribution in [2.24, 2.45) is 10.9 Å². The van der Waals surface area contributed by atoms with Gasteiger partial charge in [0.05, 0.1) is 24.1 Å². The number of hydrogen-bond donors (Lipinski definition) is 1. The van der Waals surface area contributed by atoms with Crippen LogP contribution in [0.4, 0.5) is 0 Å². The summed E-state index contributed by atoms with van der Waals surface area (Å²) >= 11 is 0. The van der Waals surface area contributed by atoms with Crippen molar-refractivity contribution < 1.29 is 14.4 Å². The number of amidine groups is 1. The van der Waals surface area contributed by atoms with Crippen LogP contribution in [-0.4, -0.2) is 28.5 Å². The Morgan fingerprint density at radius 1 is 0.767 bits per heavy atom. The first kappa shape index (κ1) is 29.3.